The molecule has 3 aromatic rings. The number of aryl methyl sites for hydroxylation is 2. The van der Waals surface area contributed by atoms with E-state index in [4.69, 9.17) is 0 Å². The highest BCUT2D eigenvalue weighted by Crippen LogP contribution is 2.15. The van der Waals surface area contributed by atoms with Crippen molar-refractivity contribution in [3.8, 4) is 0 Å². The SMILES string of the molecule is CCNC(=NCC(O)Cc1ccccc1)NCCCn1c(C)nc2ccccc21. The number of imidazole rings is 1. The minimum absolute atomic E-state index is 0.371. The predicted octanol–water partition coefficient (Wildman–Crippen LogP) is 2.89. The first-order valence-electron chi connectivity index (χ1n) is 10.3. The van der Waals surface area contributed by atoms with Gasteiger partial charge in [0, 0.05) is 26.1 Å². The number of rotatable bonds is 9. The van der Waals surface area contributed by atoms with Gasteiger partial charge in [-0.2, -0.15) is 0 Å². The summed E-state index contributed by atoms with van der Waals surface area (Å²) in [6.45, 7) is 6.94. The summed E-state index contributed by atoms with van der Waals surface area (Å²) in [6.07, 6.45) is 1.07. The van der Waals surface area contributed by atoms with Crippen molar-refractivity contribution in [3.05, 3.63) is 66.0 Å². The maximum absolute atomic E-state index is 10.3. The molecular weight excluding hydrogens is 362 g/mol. The number of guanidine groups is 1. The molecular formula is C23H31N5O. The maximum atomic E-state index is 10.3. The molecule has 1 unspecified atom stereocenters. The van der Waals surface area contributed by atoms with Gasteiger partial charge in [-0.15, -0.1) is 0 Å². The van der Waals surface area contributed by atoms with E-state index < -0.39 is 6.10 Å². The lowest BCUT2D eigenvalue weighted by atomic mass is 10.1. The van der Waals surface area contributed by atoms with Crippen molar-refractivity contribution in [1.29, 1.82) is 0 Å². The minimum atomic E-state index is -0.493. The molecule has 1 atom stereocenters. The molecule has 0 aliphatic rings. The van der Waals surface area contributed by atoms with E-state index in [0.29, 0.717) is 13.0 Å². The van der Waals surface area contributed by atoms with E-state index in [1.165, 1.54) is 5.52 Å². The summed E-state index contributed by atoms with van der Waals surface area (Å²) >= 11 is 0. The van der Waals surface area contributed by atoms with Crippen LogP contribution >= 0.6 is 0 Å². The normalized spacial score (nSPS) is 12.9. The summed E-state index contributed by atoms with van der Waals surface area (Å²) in [6, 6.07) is 18.2. The molecule has 0 saturated carbocycles. The molecule has 0 saturated heterocycles. The van der Waals surface area contributed by atoms with Gasteiger partial charge in [-0.05, 0) is 38.0 Å². The molecule has 1 aromatic heterocycles. The molecule has 0 fully saturated rings. The second-order valence-corrected chi connectivity index (χ2v) is 7.14. The van der Waals surface area contributed by atoms with Crippen LogP contribution in [0.1, 0.15) is 24.7 Å². The molecule has 3 N–H and O–H groups in total. The van der Waals surface area contributed by atoms with E-state index in [-0.39, 0.29) is 0 Å². The number of benzene rings is 2. The summed E-state index contributed by atoms with van der Waals surface area (Å²) in [5.41, 5.74) is 3.34. The molecule has 0 aliphatic heterocycles. The van der Waals surface area contributed by atoms with Crippen molar-refractivity contribution in [2.24, 2.45) is 4.99 Å². The van der Waals surface area contributed by atoms with Crippen LogP contribution in [0.3, 0.4) is 0 Å². The van der Waals surface area contributed by atoms with Gasteiger partial charge in [0.05, 0.1) is 23.7 Å². The lowest BCUT2D eigenvalue weighted by molar-refractivity contribution is 0.183. The van der Waals surface area contributed by atoms with E-state index >= 15 is 0 Å². The molecule has 1 heterocycles. The molecule has 6 nitrogen and oxygen atoms in total. The maximum Gasteiger partial charge on any atom is 0.191 e. The fourth-order valence-electron chi connectivity index (χ4n) is 3.41. The van der Waals surface area contributed by atoms with Crippen molar-refractivity contribution >= 4 is 17.0 Å². The topological polar surface area (TPSA) is 74.5 Å². The van der Waals surface area contributed by atoms with E-state index in [9.17, 15) is 5.11 Å². The van der Waals surface area contributed by atoms with Gasteiger partial charge in [-0.25, -0.2) is 4.98 Å². The van der Waals surface area contributed by atoms with Crippen molar-refractivity contribution in [2.45, 2.75) is 39.3 Å². The number of aliphatic hydroxyl groups is 1. The van der Waals surface area contributed by atoms with Gasteiger partial charge in [-0.1, -0.05) is 42.5 Å². The Morgan fingerprint density at radius 2 is 1.86 bits per heavy atom. The first kappa shape index (κ1) is 20.9. The van der Waals surface area contributed by atoms with E-state index in [2.05, 4.69) is 37.3 Å². The Balaban J connectivity index is 1.48. The number of aliphatic hydroxyl groups excluding tert-OH is 1. The third kappa shape index (κ3) is 6.06. The lowest BCUT2D eigenvalue weighted by Gasteiger charge is -2.14. The third-order valence-electron chi connectivity index (χ3n) is 4.81. The first-order valence-corrected chi connectivity index (χ1v) is 10.3. The number of aromatic nitrogens is 2. The number of hydrogen-bond acceptors (Lipinski definition) is 3. The summed E-state index contributed by atoms with van der Waals surface area (Å²) < 4.78 is 2.25. The molecule has 0 amide bonds. The molecule has 2 aromatic carbocycles. The van der Waals surface area contributed by atoms with E-state index in [0.717, 1.165) is 48.9 Å². The number of fused-ring (bicyclic) bond motifs is 1. The van der Waals surface area contributed by atoms with Gasteiger partial charge in [0.25, 0.3) is 0 Å². The van der Waals surface area contributed by atoms with Crippen molar-refractivity contribution in [3.63, 3.8) is 0 Å². The highest BCUT2D eigenvalue weighted by atomic mass is 16.3. The van der Waals surface area contributed by atoms with Crippen LogP contribution in [0.2, 0.25) is 0 Å². The number of aliphatic imine (C=N–C) groups is 1. The fraction of sp³-hybridized carbons (Fsp3) is 0.391. The van der Waals surface area contributed by atoms with Crippen LogP contribution in [-0.4, -0.2) is 46.4 Å². The summed E-state index contributed by atoms with van der Waals surface area (Å²) in [4.78, 5) is 9.16. The largest absolute Gasteiger partial charge is 0.391 e. The van der Waals surface area contributed by atoms with Gasteiger partial charge < -0.3 is 20.3 Å². The van der Waals surface area contributed by atoms with Crippen LogP contribution in [0.4, 0.5) is 0 Å². The average molecular weight is 394 g/mol. The van der Waals surface area contributed by atoms with Crippen LogP contribution in [0.15, 0.2) is 59.6 Å². The zero-order chi connectivity index (χ0) is 20.5. The van der Waals surface area contributed by atoms with Crippen LogP contribution in [0.25, 0.3) is 11.0 Å². The molecule has 6 heteroatoms. The smallest absolute Gasteiger partial charge is 0.191 e. The molecule has 0 bridgehead atoms. The molecule has 0 aliphatic carbocycles. The van der Waals surface area contributed by atoms with Gasteiger partial charge in [0.15, 0.2) is 5.96 Å². The van der Waals surface area contributed by atoms with Gasteiger partial charge in [0.1, 0.15) is 5.82 Å². The Labute approximate surface area is 172 Å². The Bertz CT molecular complexity index is 919. The molecule has 0 radical (unpaired) electrons. The van der Waals surface area contributed by atoms with E-state index in [1.807, 2.05) is 56.3 Å². The molecule has 154 valence electrons. The molecule has 29 heavy (non-hydrogen) atoms. The van der Waals surface area contributed by atoms with Gasteiger partial charge in [-0.3, -0.25) is 4.99 Å². The lowest BCUT2D eigenvalue weighted by Crippen LogP contribution is -2.38. The summed E-state index contributed by atoms with van der Waals surface area (Å²) in [7, 11) is 0. The monoisotopic (exact) mass is 393 g/mol. The predicted molar refractivity (Wildman–Crippen MR) is 119 cm³/mol. The van der Waals surface area contributed by atoms with Crippen LogP contribution in [0, 0.1) is 6.92 Å². The fourth-order valence-corrected chi connectivity index (χ4v) is 3.41. The highest BCUT2D eigenvalue weighted by molar-refractivity contribution is 5.79. The molecule has 3 rings (SSSR count). The number of hydrogen-bond donors (Lipinski definition) is 3. The van der Waals surface area contributed by atoms with Crippen LogP contribution in [-0.2, 0) is 13.0 Å². The average Bonchev–Trinajstić information content (AvgIpc) is 3.05. The van der Waals surface area contributed by atoms with Gasteiger partial charge in [0.2, 0.25) is 0 Å². The van der Waals surface area contributed by atoms with Crippen LogP contribution in [0.5, 0.6) is 0 Å². The number of para-hydroxylation sites is 2. The highest BCUT2D eigenvalue weighted by Gasteiger charge is 2.07. The van der Waals surface area contributed by atoms with Crippen molar-refractivity contribution in [1.82, 2.24) is 20.2 Å². The number of nitrogens with zero attached hydrogens (tertiary/aromatic N) is 3. The quantitative estimate of drug-likeness (QED) is 0.297. The number of nitrogens with one attached hydrogen (secondary N) is 2. The summed E-state index contributed by atoms with van der Waals surface area (Å²) in [5, 5.41) is 16.9. The standard InChI is InChI=1S/C23H31N5O/c1-3-24-23(26-17-20(29)16-19-10-5-4-6-11-19)25-14-9-15-28-18(2)27-21-12-7-8-13-22(21)28/h4-8,10-13,20,29H,3,9,14-17H2,1-2H3,(H2,24,25,26). The third-order valence-corrected chi connectivity index (χ3v) is 4.81. The van der Waals surface area contributed by atoms with Crippen LogP contribution < -0.4 is 10.6 Å². The Morgan fingerprint density at radius 1 is 1.10 bits per heavy atom. The van der Waals surface area contributed by atoms with Crippen molar-refractivity contribution < 1.29 is 5.11 Å². The zero-order valence-corrected chi connectivity index (χ0v) is 17.3. The Morgan fingerprint density at radius 3 is 2.66 bits per heavy atom. The van der Waals surface area contributed by atoms with Crippen molar-refractivity contribution in [2.75, 3.05) is 19.6 Å². The summed E-state index contributed by atoms with van der Waals surface area (Å²) in [5.74, 6) is 1.78. The minimum Gasteiger partial charge on any atom is -0.391 e. The second-order valence-electron chi connectivity index (χ2n) is 7.14. The van der Waals surface area contributed by atoms with Gasteiger partial charge >= 0.3 is 0 Å². The first-order chi connectivity index (χ1) is 14.2. The van der Waals surface area contributed by atoms with E-state index in [1.54, 1.807) is 0 Å². The molecule has 0 spiro atoms. The second kappa shape index (κ2) is 10.6. The zero-order valence-electron chi connectivity index (χ0n) is 17.3. The Hall–Kier alpha value is -2.86. The Kier molecular flexibility index (Phi) is 7.64.